The van der Waals surface area contributed by atoms with Gasteiger partial charge in [-0.05, 0) is 64.1 Å². The molecule has 4 rings (SSSR count). The number of phenolic OH excluding ortho intramolecular Hbond substituents is 1. The van der Waals surface area contributed by atoms with Gasteiger partial charge in [-0.25, -0.2) is 0 Å². The van der Waals surface area contributed by atoms with E-state index in [1.807, 2.05) is 24.3 Å². The molecule has 0 amide bonds. The molecule has 0 spiro atoms. The average molecular weight is 393 g/mol. The van der Waals surface area contributed by atoms with Crippen molar-refractivity contribution in [3.05, 3.63) is 42.7 Å². The molecule has 7 heteroatoms. The van der Waals surface area contributed by atoms with E-state index in [9.17, 15) is 5.11 Å². The monoisotopic (exact) mass is 392 g/mol. The number of nitrogens with zero attached hydrogens (tertiary/aromatic N) is 5. The van der Waals surface area contributed by atoms with E-state index in [-0.39, 0.29) is 11.3 Å². The van der Waals surface area contributed by atoms with Crippen LogP contribution in [0, 0.1) is 0 Å². The Balaban J connectivity index is 1.49. The summed E-state index contributed by atoms with van der Waals surface area (Å²) in [5.74, 6) is 1.06. The van der Waals surface area contributed by atoms with E-state index >= 15 is 0 Å². The molecular weight excluding hydrogens is 364 g/mol. The Kier molecular flexibility index (Phi) is 5.00. The summed E-state index contributed by atoms with van der Waals surface area (Å²) in [6.07, 6.45) is 4.64. The summed E-state index contributed by atoms with van der Waals surface area (Å²) in [7, 11) is 2.19. The Hall–Kier alpha value is -2.93. The fourth-order valence-electron chi connectivity index (χ4n) is 3.79. The van der Waals surface area contributed by atoms with Crippen molar-refractivity contribution in [1.82, 2.24) is 25.3 Å². The second-order valence-electron chi connectivity index (χ2n) is 8.67. The third kappa shape index (κ3) is 3.96. The van der Waals surface area contributed by atoms with Crippen molar-refractivity contribution >= 4 is 5.82 Å². The van der Waals surface area contributed by atoms with Gasteiger partial charge in [0.2, 0.25) is 0 Å². The van der Waals surface area contributed by atoms with Gasteiger partial charge in [0.25, 0.3) is 0 Å². The highest BCUT2D eigenvalue weighted by Gasteiger charge is 2.31. The highest BCUT2D eigenvalue weighted by atomic mass is 16.3. The van der Waals surface area contributed by atoms with Crippen LogP contribution >= 0.6 is 0 Å². The molecule has 1 aliphatic rings. The van der Waals surface area contributed by atoms with Gasteiger partial charge >= 0.3 is 0 Å². The Morgan fingerprint density at radius 3 is 2.59 bits per heavy atom. The Labute approximate surface area is 171 Å². The molecule has 0 saturated carbocycles. The maximum absolute atomic E-state index is 10.5. The third-order valence-corrected chi connectivity index (χ3v) is 5.85. The number of phenols is 1. The molecule has 1 saturated heterocycles. The van der Waals surface area contributed by atoms with Crippen LogP contribution in [0.5, 0.6) is 5.75 Å². The first-order chi connectivity index (χ1) is 13.8. The minimum Gasteiger partial charge on any atom is -0.507 e. The number of H-pyrrole nitrogens is 1. The number of aromatic hydroxyl groups is 1. The van der Waals surface area contributed by atoms with Crippen LogP contribution in [-0.4, -0.2) is 62.1 Å². The number of likely N-dealkylation sites (N-methyl/N-ethyl adjacent to an activating group) is 1. The van der Waals surface area contributed by atoms with Gasteiger partial charge in [0.15, 0.2) is 5.82 Å². The van der Waals surface area contributed by atoms with Crippen LogP contribution in [-0.2, 0) is 0 Å². The predicted molar refractivity (Wildman–Crippen MR) is 115 cm³/mol. The Morgan fingerprint density at radius 2 is 1.97 bits per heavy atom. The SMILES string of the molecule is CN([C@@H]1CCN(c2ccc(-c3ccc(-c4cn[nH]c4)cc3O)nn2)C1)C(C)(C)C. The Morgan fingerprint density at radius 1 is 1.14 bits per heavy atom. The first kappa shape index (κ1) is 19.4. The topological polar surface area (TPSA) is 81.2 Å². The maximum atomic E-state index is 10.5. The van der Waals surface area contributed by atoms with Crippen LogP contribution < -0.4 is 4.90 Å². The predicted octanol–water partition coefficient (Wildman–Crippen LogP) is 3.55. The lowest BCUT2D eigenvalue weighted by Crippen LogP contribution is -2.46. The van der Waals surface area contributed by atoms with Crippen LogP contribution in [0.2, 0.25) is 0 Å². The molecule has 3 aromatic rings. The van der Waals surface area contributed by atoms with E-state index in [2.05, 4.69) is 58.0 Å². The standard InChI is InChI=1S/C22H28N6O/c1-22(2,3)27(4)17-9-10-28(14-17)21-8-7-19(25-26-21)18-6-5-15(11-20(18)29)16-12-23-24-13-16/h5-8,11-13,17,29H,9-10,14H2,1-4H3,(H,23,24)/t17-/m1/s1. The van der Waals surface area contributed by atoms with Gasteiger partial charge < -0.3 is 10.0 Å². The van der Waals surface area contributed by atoms with E-state index in [0.717, 1.165) is 36.5 Å². The van der Waals surface area contributed by atoms with Gasteiger partial charge in [0.05, 0.1) is 11.9 Å². The van der Waals surface area contributed by atoms with E-state index in [4.69, 9.17) is 0 Å². The van der Waals surface area contributed by atoms with Gasteiger partial charge in [-0.15, -0.1) is 10.2 Å². The number of hydrogen-bond donors (Lipinski definition) is 2. The minimum absolute atomic E-state index is 0.149. The third-order valence-electron chi connectivity index (χ3n) is 5.85. The molecule has 1 aromatic carbocycles. The van der Waals surface area contributed by atoms with Crippen LogP contribution in [0.3, 0.4) is 0 Å². The van der Waals surface area contributed by atoms with Crippen molar-refractivity contribution in [1.29, 1.82) is 0 Å². The summed E-state index contributed by atoms with van der Waals surface area (Å²) in [6, 6.07) is 9.97. The molecule has 2 N–H and O–H groups in total. The van der Waals surface area contributed by atoms with Crippen LogP contribution in [0.4, 0.5) is 5.82 Å². The first-order valence-electron chi connectivity index (χ1n) is 9.97. The number of hydrogen-bond acceptors (Lipinski definition) is 6. The Bertz CT molecular complexity index is 962. The van der Waals surface area contributed by atoms with Crippen LogP contribution in [0.15, 0.2) is 42.7 Å². The van der Waals surface area contributed by atoms with Crippen molar-refractivity contribution in [2.24, 2.45) is 0 Å². The van der Waals surface area contributed by atoms with Gasteiger partial charge in [0.1, 0.15) is 5.75 Å². The van der Waals surface area contributed by atoms with Crippen LogP contribution in [0.1, 0.15) is 27.2 Å². The molecule has 29 heavy (non-hydrogen) atoms. The fraction of sp³-hybridized carbons (Fsp3) is 0.409. The second kappa shape index (κ2) is 7.48. The van der Waals surface area contributed by atoms with Gasteiger partial charge in [-0.2, -0.15) is 5.10 Å². The molecule has 0 unspecified atom stereocenters. The number of nitrogens with one attached hydrogen (secondary N) is 1. The second-order valence-corrected chi connectivity index (χ2v) is 8.67. The highest BCUT2D eigenvalue weighted by molar-refractivity contribution is 5.73. The summed E-state index contributed by atoms with van der Waals surface area (Å²) >= 11 is 0. The summed E-state index contributed by atoms with van der Waals surface area (Å²) in [6.45, 7) is 8.66. The largest absolute Gasteiger partial charge is 0.507 e. The van der Waals surface area contributed by atoms with Crippen molar-refractivity contribution in [2.75, 3.05) is 25.0 Å². The normalized spacial score (nSPS) is 17.3. The molecule has 0 aliphatic carbocycles. The zero-order valence-corrected chi connectivity index (χ0v) is 17.4. The smallest absolute Gasteiger partial charge is 0.151 e. The molecule has 7 nitrogen and oxygen atoms in total. The summed E-state index contributed by atoms with van der Waals surface area (Å²) in [5.41, 5.74) is 3.31. The summed E-state index contributed by atoms with van der Waals surface area (Å²) < 4.78 is 0. The molecule has 152 valence electrons. The molecule has 2 aromatic heterocycles. The van der Waals surface area contributed by atoms with E-state index in [1.54, 1.807) is 18.5 Å². The molecule has 3 heterocycles. The lowest BCUT2D eigenvalue weighted by atomic mass is 10.0. The molecule has 1 aliphatic heterocycles. The number of rotatable bonds is 4. The van der Waals surface area contributed by atoms with Crippen LogP contribution in [0.25, 0.3) is 22.4 Å². The number of benzene rings is 1. The van der Waals surface area contributed by atoms with Gasteiger partial charge in [0, 0.05) is 42.0 Å². The van der Waals surface area contributed by atoms with Crippen molar-refractivity contribution in [2.45, 2.75) is 38.8 Å². The lowest BCUT2D eigenvalue weighted by Gasteiger charge is -2.36. The molecular formula is C22H28N6O. The quantitative estimate of drug-likeness (QED) is 0.707. The van der Waals surface area contributed by atoms with Gasteiger partial charge in [-0.1, -0.05) is 6.07 Å². The zero-order valence-electron chi connectivity index (χ0n) is 17.4. The number of aromatic amines is 1. The van der Waals surface area contributed by atoms with E-state index in [1.165, 1.54) is 0 Å². The minimum atomic E-state index is 0.149. The van der Waals surface area contributed by atoms with Crippen molar-refractivity contribution < 1.29 is 5.11 Å². The zero-order chi connectivity index (χ0) is 20.6. The maximum Gasteiger partial charge on any atom is 0.151 e. The van der Waals surface area contributed by atoms with Gasteiger partial charge in [-0.3, -0.25) is 10.00 Å². The summed E-state index contributed by atoms with van der Waals surface area (Å²) in [4.78, 5) is 4.72. The first-order valence-corrected chi connectivity index (χ1v) is 9.97. The number of anilines is 1. The van der Waals surface area contributed by atoms with E-state index in [0.29, 0.717) is 17.3 Å². The van der Waals surface area contributed by atoms with Crippen molar-refractivity contribution in [3.63, 3.8) is 0 Å². The summed E-state index contributed by atoms with van der Waals surface area (Å²) in [5, 5.41) is 26.0. The molecule has 0 radical (unpaired) electrons. The molecule has 1 fully saturated rings. The molecule has 0 bridgehead atoms. The fourth-order valence-corrected chi connectivity index (χ4v) is 3.79. The average Bonchev–Trinajstić information content (AvgIpc) is 3.39. The van der Waals surface area contributed by atoms with E-state index < -0.39 is 0 Å². The number of aromatic nitrogens is 4. The molecule has 1 atom stereocenters. The van der Waals surface area contributed by atoms with Crippen molar-refractivity contribution in [3.8, 4) is 28.1 Å². The highest BCUT2D eigenvalue weighted by Crippen LogP contribution is 2.33. The lowest BCUT2D eigenvalue weighted by molar-refractivity contribution is 0.127.